The highest BCUT2D eigenvalue weighted by Gasteiger charge is 2.59. The van der Waals surface area contributed by atoms with Crippen LogP contribution in [-0.4, -0.2) is 57.9 Å². The third-order valence-corrected chi connectivity index (χ3v) is 13.5. The molecule has 4 aliphatic rings. The zero-order chi connectivity index (χ0) is 32.5. The van der Waals surface area contributed by atoms with Crippen molar-refractivity contribution in [3.63, 3.8) is 0 Å². The number of ether oxygens (including phenoxy) is 1. The van der Waals surface area contributed by atoms with Crippen molar-refractivity contribution in [3.8, 4) is 0 Å². The summed E-state index contributed by atoms with van der Waals surface area (Å²) in [7, 11) is 0. The molecule has 3 saturated carbocycles. The average molecular weight is 632 g/mol. The second kappa shape index (κ2) is 17.4. The van der Waals surface area contributed by atoms with E-state index < -0.39 is 0 Å². The summed E-state index contributed by atoms with van der Waals surface area (Å²) in [5.74, 6) is 5.20. The van der Waals surface area contributed by atoms with Gasteiger partial charge in [0.25, 0.3) is 0 Å². The molecule has 0 aromatic rings. The lowest BCUT2D eigenvalue weighted by Gasteiger charge is -2.58. The van der Waals surface area contributed by atoms with E-state index in [0.717, 1.165) is 113 Å². The van der Waals surface area contributed by atoms with Gasteiger partial charge in [0.2, 0.25) is 0 Å². The quantitative estimate of drug-likeness (QED) is 0.0963. The Morgan fingerprint density at radius 1 is 0.933 bits per heavy atom. The molecule has 0 aliphatic heterocycles. The van der Waals surface area contributed by atoms with E-state index in [9.17, 15) is 4.79 Å². The molecule has 0 aromatic carbocycles. The smallest absolute Gasteiger partial charge is 0.361 e. The molecule has 0 heterocycles. The predicted octanol–water partition coefficient (Wildman–Crippen LogP) is 4.46. The third-order valence-electron chi connectivity index (χ3n) is 13.5. The number of quaternary nitrogens is 3. The van der Waals surface area contributed by atoms with Crippen molar-refractivity contribution in [3.05, 3.63) is 11.6 Å². The first-order valence-corrected chi connectivity index (χ1v) is 19.6. The van der Waals surface area contributed by atoms with Crippen LogP contribution in [0.1, 0.15) is 131 Å². The van der Waals surface area contributed by atoms with Crippen molar-refractivity contribution in [2.75, 3.05) is 45.8 Å². The maximum absolute atomic E-state index is 13.2. The number of carbonyl (C=O) groups excluding carboxylic acids is 1. The van der Waals surface area contributed by atoms with Crippen LogP contribution in [0.5, 0.6) is 0 Å². The molecule has 260 valence electrons. The van der Waals surface area contributed by atoms with E-state index in [1.165, 1.54) is 62.7 Å². The molecule has 0 spiro atoms. The van der Waals surface area contributed by atoms with Gasteiger partial charge < -0.3 is 26.4 Å². The molecule has 0 radical (unpaired) electrons. The molecule has 45 heavy (non-hydrogen) atoms. The molecular formula is C39H75N4O2+3. The van der Waals surface area contributed by atoms with Crippen LogP contribution < -0.4 is 21.7 Å². The van der Waals surface area contributed by atoms with Gasteiger partial charge in [0.05, 0.1) is 26.2 Å². The Balaban J connectivity index is 1.28. The van der Waals surface area contributed by atoms with Crippen LogP contribution in [0.4, 0.5) is 0 Å². The van der Waals surface area contributed by atoms with E-state index in [-0.39, 0.29) is 12.1 Å². The largest absolute Gasteiger partial charge is 0.458 e. The highest BCUT2D eigenvalue weighted by atomic mass is 16.5. The standard InChI is InChI=1S/C39H72N4O2/c1-29(2)11-8-12-30(3)34-15-16-35-33-14-13-31-27-32(17-19-38(31,4)36(33)18-20-39(34,35)5)45-37(44)28-43(26-10-22-41)25-7-6-23-42-24-9-21-40/h13,29-30,32-36,42H,6-12,14-28,40-41H2,1-5H3/p+3/t30-,32+,33+,34-,35+,36+,38+,39-/m1/s1. The summed E-state index contributed by atoms with van der Waals surface area (Å²) in [6.45, 7) is 19.2. The molecule has 9 atom stereocenters. The van der Waals surface area contributed by atoms with E-state index in [0.29, 0.717) is 17.4 Å². The summed E-state index contributed by atoms with van der Waals surface area (Å²) < 4.78 is 6.24. The summed E-state index contributed by atoms with van der Waals surface area (Å²) in [6, 6.07) is 0. The first-order chi connectivity index (χ1) is 21.6. The van der Waals surface area contributed by atoms with E-state index in [1.807, 2.05) is 0 Å². The Morgan fingerprint density at radius 2 is 1.69 bits per heavy atom. The summed E-state index contributed by atoms with van der Waals surface area (Å²) in [6.07, 6.45) is 21.6. The number of rotatable bonds is 19. The third kappa shape index (κ3) is 9.36. The maximum Gasteiger partial charge on any atom is 0.361 e. The zero-order valence-electron chi connectivity index (χ0n) is 30.4. The molecule has 6 heteroatoms. The number of allylic oxidation sites excluding steroid dienone is 1. The lowest BCUT2D eigenvalue weighted by atomic mass is 9.47. The van der Waals surface area contributed by atoms with Crippen LogP contribution in [-0.2, 0) is 9.53 Å². The van der Waals surface area contributed by atoms with Crippen molar-refractivity contribution in [2.45, 2.75) is 137 Å². The van der Waals surface area contributed by atoms with Gasteiger partial charge in [-0.05, 0) is 111 Å². The van der Waals surface area contributed by atoms with Gasteiger partial charge in [0, 0.05) is 25.8 Å². The van der Waals surface area contributed by atoms with E-state index >= 15 is 0 Å². The SMILES string of the molecule is CC(C)CCC[C@@H](C)[C@H]1CC[C@H]2[C@@H]3CC=C4C[C@@H](OC(=O)C[NH+](CCC[NH3+])CCCCNCCC[NH3+])CC[C@]4(C)[C@H]3CC[C@]12C. The fourth-order valence-corrected chi connectivity index (χ4v) is 10.9. The summed E-state index contributed by atoms with van der Waals surface area (Å²) in [5, 5.41) is 3.51. The first kappa shape index (κ1) is 36.9. The second-order valence-electron chi connectivity index (χ2n) is 16.9. The normalized spacial score (nSPS) is 34.0. The number of fused-ring (bicyclic) bond motifs is 5. The highest BCUT2D eigenvalue weighted by Crippen LogP contribution is 2.67. The van der Waals surface area contributed by atoms with Crippen LogP contribution in [0.2, 0.25) is 0 Å². The Kier molecular flexibility index (Phi) is 14.3. The number of esters is 1. The van der Waals surface area contributed by atoms with Gasteiger partial charge in [-0.1, -0.05) is 65.5 Å². The molecule has 4 rings (SSSR count). The fourth-order valence-electron chi connectivity index (χ4n) is 10.9. The molecule has 6 nitrogen and oxygen atoms in total. The molecule has 3 fully saturated rings. The molecule has 0 amide bonds. The van der Waals surface area contributed by atoms with Gasteiger partial charge in [-0.2, -0.15) is 0 Å². The molecule has 4 aliphatic carbocycles. The topological polar surface area (TPSA) is 98.0 Å². The van der Waals surface area contributed by atoms with E-state index in [1.54, 1.807) is 5.57 Å². The minimum Gasteiger partial charge on any atom is -0.458 e. The lowest BCUT2D eigenvalue weighted by molar-refractivity contribution is -0.893. The first-order valence-electron chi connectivity index (χ1n) is 19.6. The van der Waals surface area contributed by atoms with Gasteiger partial charge >= 0.3 is 5.97 Å². The monoisotopic (exact) mass is 632 g/mol. The minimum atomic E-state index is 0.0125. The second-order valence-corrected chi connectivity index (χ2v) is 16.9. The molecule has 0 bridgehead atoms. The summed E-state index contributed by atoms with van der Waals surface area (Å²) in [4.78, 5) is 14.6. The predicted molar refractivity (Wildman–Crippen MR) is 185 cm³/mol. The molecule has 8 N–H and O–H groups in total. The average Bonchev–Trinajstić information content (AvgIpc) is 3.36. The zero-order valence-corrected chi connectivity index (χ0v) is 30.4. The van der Waals surface area contributed by atoms with E-state index in [4.69, 9.17) is 4.74 Å². The van der Waals surface area contributed by atoms with Crippen LogP contribution in [0.25, 0.3) is 0 Å². The Bertz CT molecular complexity index is 938. The Hall–Kier alpha value is -0.950. The molecule has 0 saturated heterocycles. The van der Waals surface area contributed by atoms with Gasteiger partial charge in [0.1, 0.15) is 6.10 Å². The molecule has 0 aromatic heterocycles. The number of nitrogens with one attached hydrogen (secondary N) is 2. The van der Waals surface area contributed by atoms with Crippen LogP contribution in [0.3, 0.4) is 0 Å². The van der Waals surface area contributed by atoms with Crippen molar-refractivity contribution >= 4 is 5.97 Å². The number of hydrogen-bond acceptors (Lipinski definition) is 3. The number of unbranched alkanes of at least 4 members (excludes halogenated alkanes) is 1. The fraction of sp³-hybridized carbons (Fsp3) is 0.923. The Labute approximate surface area is 277 Å². The lowest BCUT2D eigenvalue weighted by Crippen LogP contribution is -3.13. The molecule has 1 unspecified atom stereocenters. The van der Waals surface area contributed by atoms with Crippen molar-refractivity contribution < 1.29 is 25.9 Å². The van der Waals surface area contributed by atoms with Gasteiger partial charge in [-0.25, -0.2) is 4.79 Å². The van der Waals surface area contributed by atoms with Crippen molar-refractivity contribution in [1.29, 1.82) is 0 Å². The van der Waals surface area contributed by atoms with Gasteiger partial charge in [-0.15, -0.1) is 0 Å². The van der Waals surface area contributed by atoms with Crippen molar-refractivity contribution in [1.82, 2.24) is 5.32 Å². The molecular weight excluding hydrogens is 556 g/mol. The number of hydrogen-bond donors (Lipinski definition) is 4. The van der Waals surface area contributed by atoms with Crippen LogP contribution in [0.15, 0.2) is 11.6 Å². The number of carbonyl (C=O) groups is 1. The Morgan fingerprint density at radius 3 is 2.44 bits per heavy atom. The van der Waals surface area contributed by atoms with Gasteiger partial charge in [0.15, 0.2) is 6.54 Å². The van der Waals surface area contributed by atoms with Crippen molar-refractivity contribution in [2.24, 2.45) is 46.3 Å². The minimum absolute atomic E-state index is 0.0125. The van der Waals surface area contributed by atoms with Crippen LogP contribution >= 0.6 is 0 Å². The van der Waals surface area contributed by atoms with E-state index in [2.05, 4.69) is 57.5 Å². The highest BCUT2D eigenvalue weighted by molar-refractivity contribution is 5.70. The maximum atomic E-state index is 13.2. The summed E-state index contributed by atoms with van der Waals surface area (Å²) in [5.41, 5.74) is 10.4. The van der Waals surface area contributed by atoms with Gasteiger partial charge in [-0.3, -0.25) is 0 Å². The van der Waals surface area contributed by atoms with Crippen LogP contribution in [0, 0.1) is 46.3 Å². The summed E-state index contributed by atoms with van der Waals surface area (Å²) >= 11 is 0.